The SMILES string of the molecule is O=S(=O)(Nc1oc(Cc2ccccc2)nc1-c1ccc(F)c(F)c1)c1ccccc1. The van der Waals surface area contributed by atoms with Crippen LogP contribution in [0.4, 0.5) is 14.7 Å². The Balaban J connectivity index is 1.76. The molecule has 0 radical (unpaired) electrons. The maximum Gasteiger partial charge on any atom is 0.264 e. The molecule has 0 saturated heterocycles. The van der Waals surface area contributed by atoms with Crippen molar-refractivity contribution in [2.45, 2.75) is 11.3 Å². The Labute approximate surface area is 172 Å². The quantitative estimate of drug-likeness (QED) is 0.470. The van der Waals surface area contributed by atoms with Gasteiger partial charge < -0.3 is 4.42 Å². The lowest BCUT2D eigenvalue weighted by Crippen LogP contribution is -2.13. The highest BCUT2D eigenvalue weighted by molar-refractivity contribution is 7.92. The first-order chi connectivity index (χ1) is 14.4. The van der Waals surface area contributed by atoms with Crippen molar-refractivity contribution < 1.29 is 21.6 Å². The molecular formula is C22H16F2N2O3S. The Morgan fingerprint density at radius 3 is 2.20 bits per heavy atom. The number of nitrogens with zero attached hydrogens (tertiary/aromatic N) is 1. The number of oxazole rings is 1. The highest BCUT2D eigenvalue weighted by Gasteiger charge is 2.23. The maximum absolute atomic E-state index is 13.8. The number of hydrogen-bond donors (Lipinski definition) is 1. The first-order valence-corrected chi connectivity index (χ1v) is 10.5. The van der Waals surface area contributed by atoms with Crippen LogP contribution in [0.1, 0.15) is 11.5 Å². The minimum atomic E-state index is -3.97. The van der Waals surface area contributed by atoms with Gasteiger partial charge in [0.05, 0.1) is 4.90 Å². The van der Waals surface area contributed by atoms with E-state index in [0.29, 0.717) is 6.42 Å². The maximum atomic E-state index is 13.8. The Hall–Kier alpha value is -3.52. The summed E-state index contributed by atoms with van der Waals surface area (Å²) >= 11 is 0. The standard InChI is InChI=1S/C22H16F2N2O3S/c23-18-12-11-16(14-19(18)24)21-22(26-30(27,28)17-9-5-2-6-10-17)29-20(25-21)13-15-7-3-1-4-8-15/h1-12,14,26H,13H2. The summed E-state index contributed by atoms with van der Waals surface area (Å²) in [6.45, 7) is 0. The molecule has 1 N–H and O–H groups in total. The third-order valence-corrected chi connectivity index (χ3v) is 5.69. The monoisotopic (exact) mass is 426 g/mol. The molecule has 0 fully saturated rings. The first kappa shape index (κ1) is 19.8. The van der Waals surface area contributed by atoms with Gasteiger partial charge in [-0.25, -0.2) is 26.9 Å². The summed E-state index contributed by atoms with van der Waals surface area (Å²) in [7, 11) is -3.97. The van der Waals surface area contributed by atoms with E-state index in [1.54, 1.807) is 18.2 Å². The summed E-state index contributed by atoms with van der Waals surface area (Å²) in [5.41, 5.74) is 1.15. The van der Waals surface area contributed by atoms with E-state index < -0.39 is 21.7 Å². The second kappa shape index (κ2) is 8.08. The Kier molecular flexibility index (Phi) is 5.33. The summed E-state index contributed by atoms with van der Waals surface area (Å²) in [4.78, 5) is 4.37. The molecule has 4 aromatic rings. The number of aromatic nitrogens is 1. The number of sulfonamides is 1. The molecule has 8 heteroatoms. The van der Waals surface area contributed by atoms with E-state index in [9.17, 15) is 17.2 Å². The van der Waals surface area contributed by atoms with Crippen LogP contribution in [-0.2, 0) is 16.4 Å². The molecule has 0 bridgehead atoms. The lowest BCUT2D eigenvalue weighted by atomic mass is 10.1. The fraction of sp³-hybridized carbons (Fsp3) is 0.0455. The van der Waals surface area contributed by atoms with E-state index >= 15 is 0 Å². The molecule has 5 nitrogen and oxygen atoms in total. The van der Waals surface area contributed by atoms with E-state index in [4.69, 9.17) is 4.42 Å². The zero-order valence-corrected chi connectivity index (χ0v) is 16.4. The summed E-state index contributed by atoms with van der Waals surface area (Å²) < 4.78 is 60.7. The topological polar surface area (TPSA) is 72.2 Å². The van der Waals surface area contributed by atoms with Crippen molar-refractivity contribution >= 4 is 15.9 Å². The third kappa shape index (κ3) is 4.23. The molecule has 4 rings (SSSR count). The van der Waals surface area contributed by atoms with Gasteiger partial charge in [0.2, 0.25) is 11.8 Å². The summed E-state index contributed by atoms with van der Waals surface area (Å²) in [5.74, 6) is -2.03. The van der Waals surface area contributed by atoms with Gasteiger partial charge in [0, 0.05) is 12.0 Å². The molecule has 0 spiro atoms. The molecule has 0 saturated carbocycles. The molecule has 1 heterocycles. The van der Waals surface area contributed by atoms with Crippen LogP contribution in [0.3, 0.4) is 0 Å². The number of benzene rings is 3. The van der Waals surface area contributed by atoms with Crippen LogP contribution < -0.4 is 4.72 Å². The van der Waals surface area contributed by atoms with E-state index in [2.05, 4.69) is 9.71 Å². The molecule has 152 valence electrons. The Bertz CT molecular complexity index is 1270. The van der Waals surface area contributed by atoms with Gasteiger partial charge in [0.1, 0.15) is 5.69 Å². The van der Waals surface area contributed by atoms with Crippen molar-refractivity contribution in [3.63, 3.8) is 0 Å². The predicted octanol–water partition coefficient (Wildman–Crippen LogP) is 5.01. The van der Waals surface area contributed by atoms with Crippen LogP contribution in [0.5, 0.6) is 0 Å². The average molecular weight is 426 g/mol. The van der Waals surface area contributed by atoms with Crippen LogP contribution in [0.2, 0.25) is 0 Å². The second-order valence-corrected chi connectivity index (χ2v) is 8.18. The number of anilines is 1. The van der Waals surface area contributed by atoms with Gasteiger partial charge in [-0.05, 0) is 35.9 Å². The van der Waals surface area contributed by atoms with Crippen LogP contribution in [0.15, 0.2) is 88.2 Å². The van der Waals surface area contributed by atoms with Gasteiger partial charge in [-0.2, -0.15) is 0 Å². The second-order valence-electron chi connectivity index (χ2n) is 6.50. The molecule has 3 aromatic carbocycles. The molecule has 0 aliphatic heterocycles. The van der Waals surface area contributed by atoms with Gasteiger partial charge in [0.25, 0.3) is 10.0 Å². The number of halogens is 2. The summed E-state index contributed by atoms with van der Waals surface area (Å²) in [6, 6.07) is 20.3. The normalized spacial score (nSPS) is 11.4. The number of hydrogen-bond acceptors (Lipinski definition) is 4. The molecular weight excluding hydrogens is 410 g/mol. The van der Waals surface area contributed by atoms with Crippen molar-refractivity contribution in [3.8, 4) is 11.3 Å². The average Bonchev–Trinajstić information content (AvgIpc) is 3.13. The molecule has 0 aliphatic rings. The van der Waals surface area contributed by atoms with E-state index in [0.717, 1.165) is 17.7 Å². The predicted molar refractivity (Wildman–Crippen MR) is 108 cm³/mol. The van der Waals surface area contributed by atoms with E-state index in [1.807, 2.05) is 30.3 Å². The highest BCUT2D eigenvalue weighted by atomic mass is 32.2. The van der Waals surface area contributed by atoms with Crippen LogP contribution in [-0.4, -0.2) is 13.4 Å². The molecule has 1 aromatic heterocycles. The molecule has 0 amide bonds. The smallest absolute Gasteiger partial charge is 0.264 e. The van der Waals surface area contributed by atoms with Crippen molar-refractivity contribution in [2.75, 3.05) is 4.72 Å². The third-order valence-electron chi connectivity index (χ3n) is 4.34. The fourth-order valence-electron chi connectivity index (χ4n) is 2.90. The van der Waals surface area contributed by atoms with Crippen molar-refractivity contribution in [1.29, 1.82) is 0 Å². The summed E-state index contributed by atoms with van der Waals surface area (Å²) in [6.07, 6.45) is 0.296. The van der Waals surface area contributed by atoms with Crippen LogP contribution in [0.25, 0.3) is 11.3 Å². The van der Waals surface area contributed by atoms with Crippen LogP contribution >= 0.6 is 0 Å². The first-order valence-electron chi connectivity index (χ1n) is 8.99. The van der Waals surface area contributed by atoms with Crippen molar-refractivity contribution in [1.82, 2.24) is 4.98 Å². The summed E-state index contributed by atoms with van der Waals surface area (Å²) in [5, 5.41) is 0. The number of rotatable bonds is 6. The molecule has 0 aliphatic carbocycles. The fourth-order valence-corrected chi connectivity index (χ4v) is 3.92. The van der Waals surface area contributed by atoms with Gasteiger partial charge >= 0.3 is 0 Å². The van der Waals surface area contributed by atoms with E-state index in [1.165, 1.54) is 18.2 Å². The Morgan fingerprint density at radius 2 is 1.53 bits per heavy atom. The van der Waals surface area contributed by atoms with Gasteiger partial charge in [0.15, 0.2) is 11.6 Å². The highest BCUT2D eigenvalue weighted by Crippen LogP contribution is 2.32. The zero-order chi connectivity index (χ0) is 21.1. The lowest BCUT2D eigenvalue weighted by molar-refractivity contribution is 0.509. The van der Waals surface area contributed by atoms with Gasteiger partial charge in [-0.1, -0.05) is 48.5 Å². The number of nitrogens with one attached hydrogen (secondary N) is 1. The van der Waals surface area contributed by atoms with Crippen LogP contribution in [0, 0.1) is 11.6 Å². The lowest BCUT2D eigenvalue weighted by Gasteiger charge is -2.07. The van der Waals surface area contributed by atoms with Crippen molar-refractivity contribution in [3.05, 3.63) is 102 Å². The Morgan fingerprint density at radius 1 is 0.867 bits per heavy atom. The minimum absolute atomic E-state index is 0.0299. The van der Waals surface area contributed by atoms with Gasteiger partial charge in [-0.15, -0.1) is 0 Å². The molecule has 0 unspecified atom stereocenters. The van der Waals surface area contributed by atoms with Gasteiger partial charge in [-0.3, -0.25) is 0 Å². The zero-order valence-electron chi connectivity index (χ0n) is 15.5. The largest absolute Gasteiger partial charge is 0.423 e. The van der Waals surface area contributed by atoms with Crippen molar-refractivity contribution in [2.24, 2.45) is 0 Å². The molecule has 0 atom stereocenters. The molecule has 30 heavy (non-hydrogen) atoms. The minimum Gasteiger partial charge on any atom is -0.423 e. The van der Waals surface area contributed by atoms with E-state index in [-0.39, 0.29) is 27.9 Å².